The average Bonchev–Trinajstić information content (AvgIpc) is 1.57. The van der Waals surface area contributed by atoms with E-state index in [4.69, 9.17) is 47.4 Å². The molecule has 4 heterocycles. The number of rotatable bonds is 34. The van der Waals surface area contributed by atoms with Crippen molar-refractivity contribution < 1.29 is 237 Å². The predicted molar refractivity (Wildman–Crippen MR) is 388 cm³/mol. The van der Waals surface area contributed by atoms with E-state index in [1.165, 1.54) is 33.5 Å². The van der Waals surface area contributed by atoms with Gasteiger partial charge in [0.2, 0.25) is 24.1 Å². The van der Waals surface area contributed by atoms with E-state index in [9.17, 15) is 66.6 Å². The number of allylic oxidation sites excluding steroid dienone is 6. The summed E-state index contributed by atoms with van der Waals surface area (Å²) >= 11 is 0. The summed E-state index contributed by atoms with van der Waals surface area (Å²) in [5.41, 5.74) is 2.82. The van der Waals surface area contributed by atoms with Crippen LogP contribution >= 0.6 is 0 Å². The van der Waals surface area contributed by atoms with Gasteiger partial charge in [0, 0.05) is 65.8 Å². The molecule has 0 saturated carbocycles. The number of anilines is 1. The second kappa shape index (κ2) is 38.9. The minimum Gasteiger partial charge on any atom is -0.812 e. The fourth-order valence-electron chi connectivity index (χ4n) is 14.3. The summed E-state index contributed by atoms with van der Waals surface area (Å²) in [6.45, 7) is 11.6. The molecule has 1 unspecified atom stereocenters. The summed E-state index contributed by atoms with van der Waals surface area (Å²) in [4.78, 5) is 25.2. The van der Waals surface area contributed by atoms with E-state index >= 15 is 0 Å². The number of carbonyl (C=O) groups excluding carboxylic acids is 2. The molecule has 11 rings (SSSR count). The molecule has 0 fully saturated rings. The maximum Gasteiger partial charge on any atom is 1.00 e. The van der Waals surface area contributed by atoms with E-state index in [1.807, 2.05) is 56.2 Å². The maximum atomic E-state index is 15.0. The van der Waals surface area contributed by atoms with E-state index in [0.29, 0.717) is 124 Å². The van der Waals surface area contributed by atoms with Gasteiger partial charge in [0.25, 0.3) is 0 Å². The standard InChI is InChI=1S/C76H83N3O25S4.4Na/c1-9-78-58-26-24-53-55(42-51(105(83,84)85)44-64(53)107(89,90)91)70(58)74(2,3)66(78)16-12-10-13-17-67-75(4,5)71-56-43-52(106(86,87)88)45-65(108(92,93)94)54(56)25-27-59(71)79(67)30-15-11-14-18-68(80)77-29-31-98-32-33-99-34-35-100-36-37-101-63-40-47(39-62(96-7)72(63)97-8)38-57-69(48-19-28-60-61(41-48)103-46-102-60)73(81)104-76(57,82)49-20-22-50(95-6)23-21-49;;;;/h10,12-13,16-17,19-28,39-45H,9,11,14-15,18,29-38,46H2,1-8H3,(H,77,80)(H,83,84,85)(H,86,87,88)(H,89,90,91)(H,92,93,94);;;;/q;4*+1/p-4. The number of fused-ring (bicyclic) bond motifs is 7. The van der Waals surface area contributed by atoms with Crippen LogP contribution < -0.4 is 162 Å². The van der Waals surface area contributed by atoms with Crippen molar-refractivity contribution in [3.8, 4) is 34.5 Å². The summed E-state index contributed by atoms with van der Waals surface area (Å²) in [6, 6.07) is 24.1. The third-order valence-electron chi connectivity index (χ3n) is 19.2. The molecule has 28 nitrogen and oxygen atoms in total. The number of methoxy groups -OCH3 is 3. The van der Waals surface area contributed by atoms with Gasteiger partial charge in [0.05, 0.1) is 97.3 Å². The Morgan fingerprint density at radius 2 is 1.20 bits per heavy atom. The van der Waals surface area contributed by atoms with Crippen LogP contribution in [-0.4, -0.2) is 168 Å². The van der Waals surface area contributed by atoms with Crippen LogP contribution in [0.4, 0.5) is 11.4 Å². The minimum absolute atomic E-state index is 0. The smallest absolute Gasteiger partial charge is 0.812 e. The first-order valence-corrected chi connectivity index (χ1v) is 39.9. The number of esters is 1. The number of hydrogen-bond acceptors (Lipinski definition) is 26. The normalized spacial score (nSPS) is 16.6. The van der Waals surface area contributed by atoms with Gasteiger partial charge in [0.15, 0.2) is 28.7 Å². The van der Waals surface area contributed by atoms with E-state index < -0.39 is 82.6 Å². The largest absolute Gasteiger partial charge is 1.00 e. The summed E-state index contributed by atoms with van der Waals surface area (Å²) in [6.07, 6.45) is 10.6. The molecule has 7 aromatic rings. The number of carbonyl (C=O) groups is 2. The van der Waals surface area contributed by atoms with Crippen molar-refractivity contribution in [3.63, 3.8) is 0 Å². The van der Waals surface area contributed by atoms with Crippen LogP contribution in [0.1, 0.15) is 88.1 Å². The minimum atomic E-state index is -5.30. The number of amides is 1. The Morgan fingerprint density at radius 3 is 1.79 bits per heavy atom. The Balaban J connectivity index is 0.00000435. The monoisotopic (exact) mass is 1650 g/mol. The Kier molecular flexibility index (Phi) is 32.6. The second-order valence-corrected chi connectivity index (χ2v) is 32.1. The summed E-state index contributed by atoms with van der Waals surface area (Å²) in [5.74, 6) is -1.11. The van der Waals surface area contributed by atoms with Crippen molar-refractivity contribution >= 4 is 96.6 Å². The van der Waals surface area contributed by atoms with Crippen molar-refractivity contribution in [1.29, 1.82) is 0 Å². The second-order valence-electron chi connectivity index (χ2n) is 26.6. The molecular formula is C76H79N3Na4O25S4. The summed E-state index contributed by atoms with van der Waals surface area (Å²) in [7, 11) is -16.6. The molecule has 1 N–H and O–H groups in total. The number of likely N-dealkylation sites (N-methyl/N-ethyl adjacent to an activating group) is 1. The van der Waals surface area contributed by atoms with E-state index in [-0.39, 0.29) is 235 Å². The quantitative estimate of drug-likeness (QED) is 0.0101. The molecule has 576 valence electrons. The van der Waals surface area contributed by atoms with Crippen molar-refractivity contribution in [1.82, 2.24) is 5.32 Å². The molecule has 0 aliphatic carbocycles. The van der Waals surface area contributed by atoms with Gasteiger partial charge < -0.3 is 80.9 Å². The van der Waals surface area contributed by atoms with Crippen LogP contribution in [0.25, 0.3) is 27.1 Å². The van der Waals surface area contributed by atoms with Gasteiger partial charge in [-0.25, -0.2) is 38.5 Å². The van der Waals surface area contributed by atoms with Crippen LogP contribution in [-0.2, 0) is 92.0 Å². The molecule has 0 spiro atoms. The average molecular weight is 1650 g/mol. The first kappa shape index (κ1) is 93.9. The number of cyclic esters (lactones) is 1. The third kappa shape index (κ3) is 20.4. The molecule has 36 heteroatoms. The molecule has 1 amide bonds. The van der Waals surface area contributed by atoms with E-state index in [0.717, 1.165) is 12.1 Å². The van der Waals surface area contributed by atoms with Gasteiger partial charge >= 0.3 is 124 Å². The molecule has 4 aliphatic heterocycles. The Labute approximate surface area is 739 Å². The van der Waals surface area contributed by atoms with Gasteiger partial charge in [-0.15, -0.1) is 0 Å². The Hall–Kier alpha value is -5.29. The molecule has 0 aromatic heterocycles. The Morgan fingerprint density at radius 1 is 0.607 bits per heavy atom. The molecule has 0 radical (unpaired) electrons. The van der Waals surface area contributed by atoms with Gasteiger partial charge in [-0.3, -0.25) is 4.79 Å². The third-order valence-corrected chi connectivity index (χ3v) is 22.6. The van der Waals surface area contributed by atoms with Crippen LogP contribution in [0.15, 0.2) is 164 Å². The number of nitrogens with zero attached hydrogens (tertiary/aromatic N) is 2. The maximum absolute atomic E-state index is 15.0. The van der Waals surface area contributed by atoms with E-state index in [2.05, 4.69) is 5.32 Å². The first-order valence-electron chi connectivity index (χ1n) is 34.3. The number of benzene rings is 7. The zero-order valence-electron chi connectivity index (χ0n) is 64.2. The topological polar surface area (TPSA) is 397 Å². The van der Waals surface area contributed by atoms with Gasteiger partial charge in [-0.05, 0) is 163 Å². The molecule has 7 aromatic carbocycles. The molecule has 4 aliphatic rings. The number of ether oxygens (including phenoxy) is 10. The van der Waals surface area contributed by atoms with Crippen molar-refractivity contribution in [2.24, 2.45) is 0 Å². The van der Waals surface area contributed by atoms with Crippen molar-refractivity contribution in [3.05, 3.63) is 173 Å². The molecule has 1 atom stereocenters. The zero-order valence-corrected chi connectivity index (χ0v) is 75.5. The predicted octanol–water partition coefficient (Wildman–Crippen LogP) is -3.86. The SMILES string of the molecule is CCN1\C(=C/C=C/C=C/C2=[N+](CCCCCC(=O)NCCOCCOCCOCCOc3cc(CC4=C(c5ccc6c(c5)OCO6)C(=O)OC4([O-])c4ccc(OC)cc4)cc(OC)c3OC)c3ccc4c(S(=O)(=O)[O-])cc(S(=O)(=O)[O-])cc4c3C2(C)C)C(C)(C)c2c1ccc1c(S(=O)(=O)[O-])cc(S(=O)(=O)[O-])cc21.[Na+].[Na+].[Na+].[Na+]. The molecule has 112 heavy (non-hydrogen) atoms. The number of unbranched alkanes of at least 4 members (excludes halogenated alkanes) is 2. The first-order chi connectivity index (χ1) is 51.1. The summed E-state index contributed by atoms with van der Waals surface area (Å²) < 4.78 is 208. The number of hydrogen-bond donors (Lipinski definition) is 1. The van der Waals surface area contributed by atoms with Gasteiger partial charge in [-0.1, -0.05) is 56.3 Å². The fourth-order valence-corrected chi connectivity index (χ4v) is 16.9. The van der Waals surface area contributed by atoms with E-state index in [1.54, 1.807) is 85.0 Å². The molecular weight excluding hydrogens is 1580 g/mol. The molecule has 0 saturated heterocycles. The Bertz CT molecular complexity index is 5370. The van der Waals surface area contributed by atoms with Crippen LogP contribution in [0.3, 0.4) is 0 Å². The van der Waals surface area contributed by atoms with Crippen molar-refractivity contribution in [2.45, 2.75) is 103 Å². The van der Waals surface area contributed by atoms with Gasteiger partial charge in [0.1, 0.15) is 59.4 Å². The van der Waals surface area contributed by atoms with Crippen molar-refractivity contribution in [2.75, 3.05) is 98.9 Å². The van der Waals surface area contributed by atoms with Crippen LogP contribution in [0.5, 0.6) is 34.5 Å². The summed E-state index contributed by atoms with van der Waals surface area (Å²) in [5, 5.41) is 17.9. The number of nitrogens with one attached hydrogen (secondary N) is 1. The van der Waals surface area contributed by atoms with Gasteiger partial charge in [-0.2, -0.15) is 4.58 Å². The molecule has 0 bridgehead atoms. The fraction of sp³-hybridized carbons (Fsp3) is 0.355. The van der Waals surface area contributed by atoms with Crippen LogP contribution in [0.2, 0.25) is 0 Å². The van der Waals surface area contributed by atoms with Crippen LogP contribution in [0, 0.1) is 0 Å². The zero-order chi connectivity index (χ0) is 77.9.